The Morgan fingerprint density at radius 1 is 1.35 bits per heavy atom. The Kier molecular flexibility index (Phi) is 4.57. The summed E-state index contributed by atoms with van der Waals surface area (Å²) in [6.45, 7) is 0.413. The third-order valence-corrected chi connectivity index (χ3v) is 4.02. The summed E-state index contributed by atoms with van der Waals surface area (Å²) in [4.78, 5) is 15.6. The summed E-state index contributed by atoms with van der Waals surface area (Å²) in [5.74, 6) is -0.714. The Morgan fingerprint density at radius 3 is 2.55 bits per heavy atom. The maximum Gasteiger partial charge on any atom is 0.311 e. The van der Waals surface area contributed by atoms with Crippen LogP contribution in [0.1, 0.15) is 44.2 Å². The van der Waals surface area contributed by atoms with Crippen molar-refractivity contribution in [3.05, 3.63) is 24.0 Å². The SMILES string of the molecule is N#Cc1ccc(NCC2(C(=O)O)CCCCCC2)cn1. The fourth-order valence-corrected chi connectivity index (χ4v) is 2.71. The van der Waals surface area contributed by atoms with E-state index in [0.29, 0.717) is 12.2 Å². The molecule has 1 fully saturated rings. The number of nitrogens with zero attached hydrogens (tertiary/aromatic N) is 2. The maximum atomic E-state index is 11.7. The van der Waals surface area contributed by atoms with Gasteiger partial charge in [-0.15, -0.1) is 0 Å². The molecule has 106 valence electrons. The molecule has 0 radical (unpaired) electrons. The van der Waals surface area contributed by atoms with Crippen molar-refractivity contribution >= 4 is 11.7 Å². The molecule has 2 N–H and O–H groups in total. The summed E-state index contributed by atoms with van der Waals surface area (Å²) in [5.41, 5.74) is 0.441. The van der Waals surface area contributed by atoms with Gasteiger partial charge in [-0.05, 0) is 25.0 Å². The summed E-state index contributed by atoms with van der Waals surface area (Å²) < 4.78 is 0. The van der Waals surface area contributed by atoms with Gasteiger partial charge in [0.05, 0.1) is 17.3 Å². The highest BCUT2D eigenvalue weighted by Gasteiger charge is 2.38. The van der Waals surface area contributed by atoms with E-state index < -0.39 is 11.4 Å². The summed E-state index contributed by atoms with van der Waals surface area (Å²) >= 11 is 0. The van der Waals surface area contributed by atoms with Gasteiger partial charge in [-0.25, -0.2) is 4.98 Å². The second-order valence-electron chi connectivity index (χ2n) is 5.40. The summed E-state index contributed by atoms with van der Waals surface area (Å²) in [5, 5.41) is 21.4. The molecule has 1 heterocycles. The molecule has 1 aliphatic carbocycles. The third kappa shape index (κ3) is 3.27. The molecule has 0 unspecified atom stereocenters. The fourth-order valence-electron chi connectivity index (χ4n) is 2.71. The Morgan fingerprint density at radius 2 is 2.05 bits per heavy atom. The van der Waals surface area contributed by atoms with Crippen molar-refractivity contribution in [3.63, 3.8) is 0 Å². The Labute approximate surface area is 118 Å². The minimum absolute atomic E-state index is 0.359. The lowest BCUT2D eigenvalue weighted by Gasteiger charge is -2.28. The zero-order valence-electron chi connectivity index (χ0n) is 11.4. The van der Waals surface area contributed by atoms with E-state index >= 15 is 0 Å². The Bertz CT molecular complexity index is 497. The second-order valence-corrected chi connectivity index (χ2v) is 5.40. The quantitative estimate of drug-likeness (QED) is 0.824. The lowest BCUT2D eigenvalue weighted by Crippen LogP contribution is -2.37. The fraction of sp³-hybridized carbons (Fsp3) is 0.533. The number of carboxylic acids is 1. The van der Waals surface area contributed by atoms with Crippen molar-refractivity contribution in [2.45, 2.75) is 38.5 Å². The molecule has 20 heavy (non-hydrogen) atoms. The average molecular weight is 273 g/mol. The van der Waals surface area contributed by atoms with E-state index in [-0.39, 0.29) is 0 Å². The molecule has 0 aromatic carbocycles. The topological polar surface area (TPSA) is 86.0 Å². The molecule has 2 rings (SSSR count). The van der Waals surface area contributed by atoms with Gasteiger partial charge >= 0.3 is 5.97 Å². The zero-order valence-corrected chi connectivity index (χ0v) is 11.4. The lowest BCUT2D eigenvalue weighted by molar-refractivity contribution is -0.149. The van der Waals surface area contributed by atoms with E-state index in [0.717, 1.165) is 44.2 Å². The molecular weight excluding hydrogens is 254 g/mol. The first-order valence-electron chi connectivity index (χ1n) is 7.00. The standard InChI is InChI=1S/C15H19N3O2/c16-9-12-5-6-13(10-17-12)18-11-15(14(19)20)7-3-1-2-4-8-15/h5-6,10,18H,1-4,7-8,11H2,(H,19,20). The van der Waals surface area contributed by atoms with E-state index in [2.05, 4.69) is 10.3 Å². The minimum atomic E-state index is -0.714. The Hall–Kier alpha value is -2.09. The first kappa shape index (κ1) is 14.3. The van der Waals surface area contributed by atoms with Crippen LogP contribution in [0, 0.1) is 16.7 Å². The molecule has 0 bridgehead atoms. The van der Waals surface area contributed by atoms with Gasteiger partial charge in [0, 0.05) is 6.54 Å². The number of pyridine rings is 1. The summed E-state index contributed by atoms with van der Waals surface area (Å²) in [6.07, 6.45) is 7.20. The number of aromatic nitrogens is 1. The lowest BCUT2D eigenvalue weighted by atomic mass is 9.80. The van der Waals surface area contributed by atoms with Crippen molar-refractivity contribution in [2.24, 2.45) is 5.41 Å². The molecule has 0 aliphatic heterocycles. The predicted octanol–water partition coefficient (Wildman–Crippen LogP) is 2.79. The molecule has 1 aliphatic rings. The third-order valence-electron chi connectivity index (χ3n) is 4.02. The second kappa shape index (κ2) is 6.38. The van der Waals surface area contributed by atoms with Crippen LogP contribution in [0.25, 0.3) is 0 Å². The number of hydrogen-bond donors (Lipinski definition) is 2. The molecule has 1 aromatic heterocycles. The van der Waals surface area contributed by atoms with Gasteiger partial charge in [0.1, 0.15) is 11.8 Å². The first-order valence-corrected chi connectivity index (χ1v) is 7.00. The summed E-state index contributed by atoms with van der Waals surface area (Å²) in [6, 6.07) is 5.35. The van der Waals surface area contributed by atoms with Crippen molar-refractivity contribution in [3.8, 4) is 6.07 Å². The number of carbonyl (C=O) groups is 1. The molecule has 0 amide bonds. The number of rotatable bonds is 4. The smallest absolute Gasteiger partial charge is 0.311 e. The zero-order chi connectivity index (χ0) is 14.4. The van der Waals surface area contributed by atoms with Gasteiger partial charge in [-0.1, -0.05) is 25.7 Å². The first-order chi connectivity index (χ1) is 9.66. The Balaban J connectivity index is 2.04. The number of nitriles is 1. The highest BCUT2D eigenvalue weighted by molar-refractivity contribution is 5.75. The van der Waals surface area contributed by atoms with E-state index in [1.54, 1.807) is 18.3 Å². The maximum absolute atomic E-state index is 11.7. The van der Waals surface area contributed by atoms with E-state index in [1.165, 1.54) is 0 Å². The molecule has 0 saturated heterocycles. The number of anilines is 1. The summed E-state index contributed by atoms with van der Waals surface area (Å²) in [7, 11) is 0. The van der Waals surface area contributed by atoms with Gasteiger partial charge in [0.2, 0.25) is 0 Å². The molecule has 0 spiro atoms. The molecule has 5 heteroatoms. The molecule has 1 saturated carbocycles. The molecule has 1 aromatic rings. The van der Waals surface area contributed by atoms with Gasteiger partial charge in [0.15, 0.2) is 0 Å². The van der Waals surface area contributed by atoms with E-state index in [4.69, 9.17) is 5.26 Å². The van der Waals surface area contributed by atoms with Crippen LogP contribution in [-0.4, -0.2) is 22.6 Å². The predicted molar refractivity (Wildman–Crippen MR) is 75.2 cm³/mol. The van der Waals surface area contributed by atoms with Crippen molar-refractivity contribution in [1.29, 1.82) is 5.26 Å². The molecular formula is C15H19N3O2. The van der Waals surface area contributed by atoms with Gasteiger partial charge in [-0.3, -0.25) is 4.79 Å². The monoisotopic (exact) mass is 273 g/mol. The van der Waals surface area contributed by atoms with Crippen LogP contribution >= 0.6 is 0 Å². The van der Waals surface area contributed by atoms with Crippen molar-refractivity contribution < 1.29 is 9.90 Å². The van der Waals surface area contributed by atoms with Gasteiger partial charge in [-0.2, -0.15) is 5.26 Å². The number of hydrogen-bond acceptors (Lipinski definition) is 4. The van der Waals surface area contributed by atoms with Crippen LogP contribution in [0.5, 0.6) is 0 Å². The van der Waals surface area contributed by atoms with Gasteiger partial charge < -0.3 is 10.4 Å². The minimum Gasteiger partial charge on any atom is -0.481 e. The largest absolute Gasteiger partial charge is 0.481 e. The number of aliphatic carboxylic acids is 1. The normalized spacial score (nSPS) is 17.8. The van der Waals surface area contributed by atoms with Crippen molar-refractivity contribution in [2.75, 3.05) is 11.9 Å². The van der Waals surface area contributed by atoms with E-state index in [9.17, 15) is 9.90 Å². The number of carboxylic acid groups (broad SMARTS) is 1. The van der Waals surface area contributed by atoms with Crippen LogP contribution in [0.2, 0.25) is 0 Å². The highest BCUT2D eigenvalue weighted by atomic mass is 16.4. The van der Waals surface area contributed by atoms with Crippen LogP contribution in [0.3, 0.4) is 0 Å². The van der Waals surface area contributed by atoms with Crippen LogP contribution in [0.4, 0.5) is 5.69 Å². The van der Waals surface area contributed by atoms with Crippen LogP contribution < -0.4 is 5.32 Å². The van der Waals surface area contributed by atoms with Crippen molar-refractivity contribution in [1.82, 2.24) is 4.98 Å². The average Bonchev–Trinajstić information content (AvgIpc) is 2.72. The number of nitrogens with one attached hydrogen (secondary N) is 1. The van der Waals surface area contributed by atoms with Crippen LogP contribution in [0.15, 0.2) is 18.3 Å². The van der Waals surface area contributed by atoms with Crippen LogP contribution in [-0.2, 0) is 4.79 Å². The van der Waals surface area contributed by atoms with E-state index in [1.807, 2.05) is 6.07 Å². The molecule has 5 nitrogen and oxygen atoms in total. The molecule has 0 atom stereocenters. The highest BCUT2D eigenvalue weighted by Crippen LogP contribution is 2.35. The van der Waals surface area contributed by atoms with Gasteiger partial charge in [0.25, 0.3) is 0 Å².